The molecule has 3 heterocycles. The lowest BCUT2D eigenvalue weighted by atomic mass is 9.92. The highest BCUT2D eigenvalue weighted by Crippen LogP contribution is 2.28. The quantitative estimate of drug-likeness (QED) is 0.163. The predicted octanol–water partition coefficient (Wildman–Crippen LogP) is 7.29. The monoisotopic (exact) mass is 611 g/mol. The van der Waals surface area contributed by atoms with E-state index in [1.54, 1.807) is 6.26 Å². The third kappa shape index (κ3) is 6.56. The molecule has 7 rings (SSSR count). The van der Waals surface area contributed by atoms with Crippen molar-refractivity contribution >= 4 is 33.7 Å². The number of hydrogen-bond donors (Lipinski definition) is 0. The van der Waals surface area contributed by atoms with Crippen LogP contribution in [-0.4, -0.2) is 71.6 Å². The van der Waals surface area contributed by atoms with Gasteiger partial charge in [-0.1, -0.05) is 72.8 Å². The summed E-state index contributed by atoms with van der Waals surface area (Å²) in [5.41, 5.74) is 4.15. The highest BCUT2D eigenvalue weighted by molar-refractivity contribution is 5.94. The number of anilines is 1. The van der Waals surface area contributed by atoms with Crippen molar-refractivity contribution in [1.29, 1.82) is 0 Å². The Kier molecular flexibility index (Phi) is 8.83. The molecule has 1 aliphatic heterocycles. The highest BCUT2D eigenvalue weighted by atomic mass is 16.3. The van der Waals surface area contributed by atoms with Gasteiger partial charge in [0.2, 0.25) is 5.95 Å². The van der Waals surface area contributed by atoms with Gasteiger partial charge in [-0.25, -0.2) is 4.98 Å². The lowest BCUT2D eigenvalue weighted by molar-refractivity contribution is 0.0783. The Hall–Kier alpha value is -4.88. The van der Waals surface area contributed by atoms with E-state index in [2.05, 4.69) is 81.1 Å². The van der Waals surface area contributed by atoms with Crippen molar-refractivity contribution in [2.45, 2.75) is 25.3 Å². The van der Waals surface area contributed by atoms with Gasteiger partial charge in [0, 0.05) is 44.7 Å². The first-order valence-electron chi connectivity index (χ1n) is 16.4. The van der Waals surface area contributed by atoms with Crippen LogP contribution >= 0.6 is 0 Å². The van der Waals surface area contributed by atoms with Gasteiger partial charge in [0.25, 0.3) is 5.91 Å². The van der Waals surface area contributed by atoms with Crippen LogP contribution in [0.1, 0.15) is 40.4 Å². The van der Waals surface area contributed by atoms with E-state index in [-0.39, 0.29) is 11.8 Å². The number of carbonyl (C=O) groups is 1. The van der Waals surface area contributed by atoms with Crippen molar-refractivity contribution in [2.24, 2.45) is 0 Å². The van der Waals surface area contributed by atoms with Gasteiger partial charge in [-0.15, -0.1) is 0 Å². The van der Waals surface area contributed by atoms with E-state index in [4.69, 9.17) is 9.40 Å². The number of hydrogen-bond acceptors (Lipinski definition) is 5. The number of furan rings is 1. The normalized spacial score (nSPS) is 14.8. The number of benzene rings is 4. The molecule has 0 N–H and O–H groups in total. The van der Waals surface area contributed by atoms with Crippen molar-refractivity contribution in [3.05, 3.63) is 132 Å². The Morgan fingerprint density at radius 1 is 0.848 bits per heavy atom. The Bertz CT molecular complexity index is 1900. The van der Waals surface area contributed by atoms with Gasteiger partial charge in [-0.2, -0.15) is 0 Å². The smallest absolute Gasteiger partial charge is 0.253 e. The van der Waals surface area contributed by atoms with Crippen molar-refractivity contribution in [1.82, 2.24) is 19.4 Å². The average Bonchev–Trinajstić information content (AvgIpc) is 3.68. The summed E-state index contributed by atoms with van der Waals surface area (Å²) in [6, 6.07) is 37.2. The molecular formula is C39H41N5O2. The predicted molar refractivity (Wildman–Crippen MR) is 186 cm³/mol. The molecule has 1 unspecified atom stereocenters. The first-order chi connectivity index (χ1) is 22.6. The fourth-order valence-electron chi connectivity index (χ4n) is 6.79. The Morgan fingerprint density at radius 2 is 1.65 bits per heavy atom. The first-order valence-corrected chi connectivity index (χ1v) is 16.4. The molecule has 6 aromatic rings. The van der Waals surface area contributed by atoms with Gasteiger partial charge >= 0.3 is 0 Å². The number of rotatable bonds is 10. The summed E-state index contributed by atoms with van der Waals surface area (Å²) in [5, 5.41) is 2.48. The molecule has 0 radical (unpaired) electrons. The summed E-state index contributed by atoms with van der Waals surface area (Å²) in [7, 11) is 1.93. The summed E-state index contributed by atoms with van der Waals surface area (Å²) in [5.74, 6) is 2.22. The van der Waals surface area contributed by atoms with E-state index in [0.717, 1.165) is 73.9 Å². The van der Waals surface area contributed by atoms with Gasteiger partial charge in [0.15, 0.2) is 0 Å². The second-order valence-electron chi connectivity index (χ2n) is 12.4. The fourth-order valence-corrected chi connectivity index (χ4v) is 6.79. The molecule has 7 heteroatoms. The Morgan fingerprint density at radius 3 is 2.50 bits per heavy atom. The van der Waals surface area contributed by atoms with Gasteiger partial charge in [0.1, 0.15) is 5.76 Å². The first kappa shape index (κ1) is 29.8. The zero-order valence-electron chi connectivity index (χ0n) is 26.5. The molecule has 4 aromatic carbocycles. The minimum absolute atomic E-state index is 0.0641. The SMILES string of the molecule is CN(CC(CCN1CCCN(c2nc3ccccc3n2Cc2ccco2)CC1)c1ccc2ccccc2c1)C(=O)c1ccccc1. The number of amides is 1. The summed E-state index contributed by atoms with van der Waals surface area (Å²) < 4.78 is 8.01. The van der Waals surface area contributed by atoms with Crippen LogP contribution in [0.5, 0.6) is 0 Å². The standard InChI is InChI=1S/C39H41N5O2/c1-41(38(45)31-12-3-2-4-13-31)28-34(33-19-18-30-11-5-6-14-32(30)27-33)20-23-42-21-10-22-43(25-24-42)39-40-36-16-7-8-17-37(36)44(39)29-35-15-9-26-46-35/h2-9,11-19,26-27,34H,10,20-25,28-29H2,1H3. The van der Waals surface area contributed by atoms with Crippen LogP contribution in [0, 0.1) is 0 Å². The minimum Gasteiger partial charge on any atom is -0.467 e. The minimum atomic E-state index is 0.0641. The van der Waals surface area contributed by atoms with E-state index in [1.807, 2.05) is 54.4 Å². The molecule has 0 bridgehead atoms. The van der Waals surface area contributed by atoms with Gasteiger partial charge in [-0.05, 0) is 78.7 Å². The molecular weight excluding hydrogens is 570 g/mol. The molecule has 1 fully saturated rings. The van der Waals surface area contributed by atoms with Crippen molar-refractivity contribution < 1.29 is 9.21 Å². The third-order valence-electron chi connectivity index (χ3n) is 9.30. The van der Waals surface area contributed by atoms with Crippen LogP contribution in [-0.2, 0) is 6.54 Å². The maximum Gasteiger partial charge on any atom is 0.253 e. The fraction of sp³-hybridized carbons (Fsp3) is 0.282. The van der Waals surface area contributed by atoms with Crippen molar-refractivity contribution in [3.63, 3.8) is 0 Å². The summed E-state index contributed by atoms with van der Waals surface area (Å²) >= 11 is 0. The van der Waals surface area contributed by atoms with Crippen LogP contribution < -0.4 is 4.90 Å². The molecule has 2 aromatic heterocycles. The molecule has 1 amide bonds. The molecule has 46 heavy (non-hydrogen) atoms. The number of carbonyl (C=O) groups excluding carboxylic acids is 1. The maximum absolute atomic E-state index is 13.3. The number of fused-ring (bicyclic) bond motifs is 2. The molecule has 1 saturated heterocycles. The largest absolute Gasteiger partial charge is 0.467 e. The van der Waals surface area contributed by atoms with E-state index >= 15 is 0 Å². The van der Waals surface area contributed by atoms with E-state index in [1.165, 1.54) is 16.3 Å². The van der Waals surface area contributed by atoms with Crippen LogP contribution in [0.25, 0.3) is 21.8 Å². The third-order valence-corrected chi connectivity index (χ3v) is 9.30. The molecule has 7 nitrogen and oxygen atoms in total. The van der Waals surface area contributed by atoms with Crippen LogP contribution in [0.2, 0.25) is 0 Å². The average molecular weight is 612 g/mol. The second-order valence-corrected chi connectivity index (χ2v) is 12.4. The van der Waals surface area contributed by atoms with Gasteiger partial charge in [0.05, 0.1) is 23.8 Å². The molecule has 1 aliphatic rings. The van der Waals surface area contributed by atoms with E-state index in [9.17, 15) is 4.79 Å². The number of para-hydroxylation sites is 2. The molecule has 0 spiro atoms. The van der Waals surface area contributed by atoms with E-state index in [0.29, 0.717) is 13.1 Å². The Labute approximate surface area is 270 Å². The Balaban J connectivity index is 1.07. The van der Waals surface area contributed by atoms with Crippen LogP contribution in [0.4, 0.5) is 5.95 Å². The number of likely N-dealkylation sites (N-methyl/N-ethyl adjacent to an activating group) is 1. The molecule has 234 valence electrons. The lowest BCUT2D eigenvalue weighted by Crippen LogP contribution is -2.35. The van der Waals surface area contributed by atoms with Crippen LogP contribution in [0.15, 0.2) is 120 Å². The number of imidazole rings is 1. The summed E-state index contributed by atoms with van der Waals surface area (Å²) in [6.07, 6.45) is 3.78. The van der Waals surface area contributed by atoms with Crippen LogP contribution in [0.3, 0.4) is 0 Å². The molecule has 0 saturated carbocycles. The van der Waals surface area contributed by atoms with Crippen molar-refractivity contribution in [2.75, 3.05) is 51.2 Å². The molecule has 0 aliphatic carbocycles. The van der Waals surface area contributed by atoms with Gasteiger partial charge in [-0.3, -0.25) is 4.79 Å². The highest BCUT2D eigenvalue weighted by Gasteiger charge is 2.24. The zero-order chi connectivity index (χ0) is 31.3. The maximum atomic E-state index is 13.3. The summed E-state index contributed by atoms with van der Waals surface area (Å²) in [6.45, 7) is 6.18. The number of aromatic nitrogens is 2. The number of nitrogens with zero attached hydrogens (tertiary/aromatic N) is 5. The van der Waals surface area contributed by atoms with Gasteiger partial charge < -0.3 is 23.7 Å². The lowest BCUT2D eigenvalue weighted by Gasteiger charge is -2.28. The zero-order valence-corrected chi connectivity index (χ0v) is 26.5. The summed E-state index contributed by atoms with van der Waals surface area (Å²) in [4.78, 5) is 25.3. The topological polar surface area (TPSA) is 57.8 Å². The van der Waals surface area contributed by atoms with E-state index < -0.39 is 0 Å². The second kappa shape index (κ2) is 13.6. The molecule has 1 atom stereocenters. The van der Waals surface area contributed by atoms with Crippen molar-refractivity contribution in [3.8, 4) is 0 Å².